The van der Waals surface area contributed by atoms with E-state index in [4.69, 9.17) is 14.2 Å². The molecule has 3 fully saturated rings. The predicted molar refractivity (Wildman–Crippen MR) is 208 cm³/mol. The quantitative estimate of drug-likeness (QED) is 0.144. The van der Waals surface area contributed by atoms with Crippen molar-refractivity contribution in [2.24, 2.45) is 0 Å². The number of hydrogen-bond donors (Lipinski definition) is 4. The van der Waals surface area contributed by atoms with Gasteiger partial charge in [-0.05, 0) is 71.8 Å². The molecule has 4 aromatic carbocycles. The number of nitrogens with one attached hydrogen (secondary N) is 3. The fourth-order valence-electron chi connectivity index (χ4n) is 7.79. The molecule has 3 saturated heterocycles. The van der Waals surface area contributed by atoms with Crippen LogP contribution < -0.4 is 20.9 Å². The highest BCUT2D eigenvalue weighted by molar-refractivity contribution is 5.93. The zero-order chi connectivity index (χ0) is 38.2. The number of aliphatic hydroxyl groups excluding tert-OH is 1. The Morgan fingerprint density at radius 1 is 0.873 bits per heavy atom. The summed E-state index contributed by atoms with van der Waals surface area (Å²) < 4.78 is 18.3. The van der Waals surface area contributed by atoms with Gasteiger partial charge in [-0.1, -0.05) is 78.9 Å². The van der Waals surface area contributed by atoms with Crippen LogP contribution in [0, 0.1) is 0 Å². The van der Waals surface area contributed by atoms with Crippen LogP contribution in [0.2, 0.25) is 0 Å². The Morgan fingerprint density at radius 2 is 1.62 bits per heavy atom. The van der Waals surface area contributed by atoms with Crippen LogP contribution in [0.1, 0.15) is 60.8 Å². The Hall–Kier alpha value is -5.27. The molecule has 1 spiro atoms. The summed E-state index contributed by atoms with van der Waals surface area (Å²) in [6.07, 6.45) is 1.12. The number of ether oxygens (including phenoxy) is 3. The SMILES string of the molecule is CCOC(=O)CNC(=O)NCc1cccc(-c2cccc([C@@H]3O[C@H](CN4CCC5(CC4)C(=O)NCN5c4ccccc4)C[C@H](c4ccc(CO)cc4)O3)c2)c1. The average Bonchev–Trinajstić information content (AvgIpc) is 3.54. The molecule has 12 nitrogen and oxygen atoms in total. The Morgan fingerprint density at radius 3 is 2.36 bits per heavy atom. The smallest absolute Gasteiger partial charge is 0.325 e. The fourth-order valence-corrected chi connectivity index (χ4v) is 7.79. The minimum absolute atomic E-state index is 0.0247. The lowest BCUT2D eigenvalue weighted by Gasteiger charge is -2.45. The third-order valence-corrected chi connectivity index (χ3v) is 10.7. The molecule has 3 heterocycles. The molecule has 7 rings (SSSR count). The van der Waals surface area contributed by atoms with Gasteiger partial charge in [0.2, 0.25) is 5.91 Å². The first-order valence-electron chi connectivity index (χ1n) is 19.0. The number of carbonyl (C=O) groups is 3. The fraction of sp³-hybridized carbons (Fsp3) is 0.372. The lowest BCUT2D eigenvalue weighted by Crippen LogP contribution is -2.57. The van der Waals surface area contributed by atoms with Crippen molar-refractivity contribution < 1.29 is 33.7 Å². The number of nitrogens with zero attached hydrogens (tertiary/aromatic N) is 2. The number of esters is 1. The maximum absolute atomic E-state index is 13.3. The van der Waals surface area contributed by atoms with Crippen molar-refractivity contribution >= 4 is 23.6 Å². The molecule has 0 bridgehead atoms. The van der Waals surface area contributed by atoms with Gasteiger partial charge in [0.1, 0.15) is 12.1 Å². The average molecular weight is 748 g/mol. The van der Waals surface area contributed by atoms with E-state index in [0.29, 0.717) is 19.6 Å². The standard InChI is InChI=1S/C43H49N5O7/c1-2-53-39(50)26-45-42(52)44-25-31-8-6-9-33(22-31)34-10-7-11-35(23-34)40-54-37(24-38(55-40)32-16-14-30(28-49)15-17-32)27-47-20-18-43(19-21-47)41(51)46-29-48(43)36-12-4-3-5-13-36/h3-17,22-23,37-38,40,49H,2,18-21,24-29H2,1H3,(H,46,51)(H2,44,45,52)/t37-,38+,40+/m0/s1. The van der Waals surface area contributed by atoms with E-state index >= 15 is 0 Å². The van der Waals surface area contributed by atoms with E-state index < -0.39 is 23.8 Å². The van der Waals surface area contributed by atoms with Crippen molar-refractivity contribution in [3.05, 3.63) is 125 Å². The van der Waals surface area contributed by atoms with Crippen molar-refractivity contribution in [2.45, 2.75) is 63.4 Å². The maximum atomic E-state index is 13.3. The van der Waals surface area contributed by atoms with Gasteiger partial charge in [-0.25, -0.2) is 4.79 Å². The van der Waals surface area contributed by atoms with Crippen molar-refractivity contribution in [3.63, 3.8) is 0 Å². The number of hydrogen-bond acceptors (Lipinski definition) is 9. The Bertz CT molecular complexity index is 1930. The van der Waals surface area contributed by atoms with Crippen LogP contribution in [-0.4, -0.2) is 79.0 Å². The molecule has 12 heteroatoms. The summed E-state index contributed by atoms with van der Waals surface area (Å²) >= 11 is 0. The first-order chi connectivity index (χ1) is 26.8. The lowest BCUT2D eigenvalue weighted by atomic mass is 9.85. The zero-order valence-corrected chi connectivity index (χ0v) is 31.1. The molecule has 55 heavy (non-hydrogen) atoms. The molecule has 4 N–H and O–H groups in total. The lowest BCUT2D eigenvalue weighted by molar-refractivity contribution is -0.253. The number of anilines is 1. The molecular weight excluding hydrogens is 699 g/mol. The third-order valence-electron chi connectivity index (χ3n) is 10.7. The van der Waals surface area contributed by atoms with E-state index in [9.17, 15) is 19.5 Å². The summed E-state index contributed by atoms with van der Waals surface area (Å²) in [5.41, 5.74) is 6.10. The van der Waals surface area contributed by atoms with Crippen molar-refractivity contribution in [1.82, 2.24) is 20.9 Å². The van der Waals surface area contributed by atoms with Crippen LogP contribution in [0.5, 0.6) is 0 Å². The highest BCUT2D eigenvalue weighted by Gasteiger charge is 2.50. The van der Waals surface area contributed by atoms with Crippen LogP contribution in [0.25, 0.3) is 11.1 Å². The molecular formula is C43H49N5O7. The van der Waals surface area contributed by atoms with Gasteiger partial charge in [0, 0.05) is 43.9 Å². The monoisotopic (exact) mass is 747 g/mol. The van der Waals surface area contributed by atoms with Gasteiger partial charge in [-0.15, -0.1) is 0 Å². The van der Waals surface area contributed by atoms with E-state index in [0.717, 1.165) is 65.0 Å². The first-order valence-corrected chi connectivity index (χ1v) is 19.0. The molecule has 0 radical (unpaired) electrons. The number of rotatable bonds is 12. The number of aliphatic hydroxyl groups is 1. The van der Waals surface area contributed by atoms with E-state index in [1.807, 2.05) is 84.9 Å². The molecule has 288 valence electrons. The molecule has 4 aromatic rings. The minimum Gasteiger partial charge on any atom is -0.465 e. The third kappa shape index (κ3) is 9.00. The largest absolute Gasteiger partial charge is 0.465 e. The summed E-state index contributed by atoms with van der Waals surface area (Å²) in [6, 6.07) is 33.7. The zero-order valence-electron chi connectivity index (χ0n) is 31.1. The van der Waals surface area contributed by atoms with Gasteiger partial charge in [0.15, 0.2) is 6.29 Å². The number of amides is 3. The van der Waals surface area contributed by atoms with E-state index in [1.54, 1.807) is 6.92 Å². The van der Waals surface area contributed by atoms with Crippen molar-refractivity contribution in [3.8, 4) is 11.1 Å². The van der Waals surface area contributed by atoms with Crippen LogP contribution in [0.4, 0.5) is 10.5 Å². The highest BCUT2D eigenvalue weighted by atomic mass is 16.7. The number of urea groups is 1. The van der Waals surface area contributed by atoms with E-state index in [1.165, 1.54) is 0 Å². The summed E-state index contributed by atoms with van der Waals surface area (Å²) in [6.45, 7) is 4.79. The van der Waals surface area contributed by atoms with Crippen molar-refractivity contribution in [2.75, 3.05) is 44.4 Å². The number of piperidine rings is 1. The molecule has 3 aliphatic heterocycles. The summed E-state index contributed by atoms with van der Waals surface area (Å²) in [5, 5.41) is 18.1. The van der Waals surface area contributed by atoms with Crippen molar-refractivity contribution in [1.29, 1.82) is 0 Å². The van der Waals surface area contributed by atoms with Crippen LogP contribution in [0.3, 0.4) is 0 Å². The second kappa shape index (κ2) is 17.5. The number of para-hydroxylation sites is 1. The van der Waals surface area contributed by atoms with Gasteiger partial charge in [0.25, 0.3) is 0 Å². The molecule has 3 amide bonds. The molecule has 0 unspecified atom stereocenters. The summed E-state index contributed by atoms with van der Waals surface area (Å²) in [5.74, 6) is -0.388. The highest BCUT2D eigenvalue weighted by Crippen LogP contribution is 2.41. The van der Waals surface area contributed by atoms with Gasteiger partial charge >= 0.3 is 12.0 Å². The van der Waals surface area contributed by atoms with Gasteiger partial charge in [-0.2, -0.15) is 0 Å². The normalized spacial score (nSPS) is 20.9. The summed E-state index contributed by atoms with van der Waals surface area (Å²) in [4.78, 5) is 41.8. The topological polar surface area (TPSA) is 142 Å². The summed E-state index contributed by atoms with van der Waals surface area (Å²) in [7, 11) is 0. The van der Waals surface area contributed by atoms with Crippen LogP contribution >= 0.6 is 0 Å². The number of benzene rings is 4. The molecule has 3 atom stereocenters. The second-order valence-electron chi connectivity index (χ2n) is 14.3. The van der Waals surface area contributed by atoms with Gasteiger partial charge in [-0.3, -0.25) is 9.59 Å². The van der Waals surface area contributed by atoms with E-state index in [2.05, 4.69) is 43.9 Å². The number of carbonyl (C=O) groups excluding carboxylic acids is 3. The Balaban J connectivity index is 1.04. The Labute approximate surface area is 321 Å². The molecule has 0 aromatic heterocycles. The van der Waals surface area contributed by atoms with Crippen LogP contribution in [-0.2, 0) is 37.0 Å². The maximum Gasteiger partial charge on any atom is 0.325 e. The molecule has 3 aliphatic rings. The Kier molecular flexibility index (Phi) is 12.1. The minimum atomic E-state index is -0.625. The second-order valence-corrected chi connectivity index (χ2v) is 14.3. The van der Waals surface area contributed by atoms with Gasteiger partial charge in [0.05, 0.1) is 32.1 Å². The first kappa shape index (κ1) is 38.0. The number of likely N-dealkylation sites (tertiary alicyclic amines) is 1. The van der Waals surface area contributed by atoms with E-state index in [-0.39, 0.29) is 44.4 Å². The van der Waals surface area contributed by atoms with Crippen LogP contribution in [0.15, 0.2) is 103 Å². The predicted octanol–water partition coefficient (Wildman–Crippen LogP) is 5.18. The van der Waals surface area contributed by atoms with Gasteiger partial charge < -0.3 is 45.1 Å². The molecule has 0 aliphatic carbocycles. The molecule has 0 saturated carbocycles.